The third kappa shape index (κ3) is 7.07. The second kappa shape index (κ2) is 12.6. The lowest BCUT2D eigenvalue weighted by atomic mass is 10.0. The lowest BCUT2D eigenvalue weighted by Crippen LogP contribution is -2.23. The van der Waals surface area contributed by atoms with E-state index in [0.29, 0.717) is 28.4 Å². The first-order chi connectivity index (χ1) is 15.9. The van der Waals surface area contributed by atoms with Crippen molar-refractivity contribution in [2.45, 2.75) is 53.4 Å². The molecule has 3 amide bonds. The van der Waals surface area contributed by atoms with Gasteiger partial charge in [0.15, 0.2) is 0 Å². The fourth-order valence-electron chi connectivity index (χ4n) is 3.56. The van der Waals surface area contributed by atoms with Crippen LogP contribution < -0.4 is 20.7 Å². The maximum atomic E-state index is 12.8. The zero-order chi connectivity index (χ0) is 24.4. The average molecular weight is 454 g/mol. The van der Waals surface area contributed by atoms with Crippen molar-refractivity contribution >= 4 is 34.8 Å². The highest BCUT2D eigenvalue weighted by atomic mass is 16.5. The minimum atomic E-state index is -0.323. The Morgan fingerprint density at radius 3 is 1.79 bits per heavy atom. The molecule has 0 unspecified atom stereocenters. The SMILES string of the molecule is CCC(CC)C(=O)Nc1ccc(C(=O)Nc2ccc(OC)cc2NC(=O)C(CC)CC)cc1. The van der Waals surface area contributed by atoms with E-state index in [0.717, 1.165) is 25.7 Å². The van der Waals surface area contributed by atoms with Gasteiger partial charge in [0.1, 0.15) is 5.75 Å². The summed E-state index contributed by atoms with van der Waals surface area (Å²) < 4.78 is 5.27. The molecule has 0 saturated heterocycles. The molecular weight excluding hydrogens is 418 g/mol. The van der Waals surface area contributed by atoms with Crippen molar-refractivity contribution < 1.29 is 19.1 Å². The number of hydrogen-bond acceptors (Lipinski definition) is 4. The summed E-state index contributed by atoms with van der Waals surface area (Å²) in [5.74, 6) is -0.00437. The monoisotopic (exact) mass is 453 g/mol. The normalized spacial score (nSPS) is 10.8. The van der Waals surface area contributed by atoms with E-state index < -0.39 is 0 Å². The molecule has 0 spiro atoms. The Hall–Kier alpha value is -3.35. The first-order valence-corrected chi connectivity index (χ1v) is 11.6. The minimum Gasteiger partial charge on any atom is -0.497 e. The molecule has 0 heterocycles. The summed E-state index contributed by atoms with van der Waals surface area (Å²) in [6, 6.07) is 11.8. The Kier molecular flexibility index (Phi) is 9.91. The molecule has 0 aliphatic rings. The quantitative estimate of drug-likeness (QED) is 0.407. The van der Waals surface area contributed by atoms with Gasteiger partial charge >= 0.3 is 0 Å². The van der Waals surface area contributed by atoms with Crippen LogP contribution in [0.5, 0.6) is 5.75 Å². The van der Waals surface area contributed by atoms with Gasteiger partial charge in [-0.15, -0.1) is 0 Å². The first kappa shape index (κ1) is 25.9. The fourth-order valence-corrected chi connectivity index (χ4v) is 3.56. The molecule has 0 aromatic heterocycles. The highest BCUT2D eigenvalue weighted by Gasteiger charge is 2.18. The number of rotatable bonds is 11. The van der Waals surface area contributed by atoms with Crippen LogP contribution in [0.15, 0.2) is 42.5 Å². The second-order valence-corrected chi connectivity index (χ2v) is 7.95. The van der Waals surface area contributed by atoms with Gasteiger partial charge in [0, 0.05) is 29.2 Å². The zero-order valence-electron chi connectivity index (χ0n) is 20.2. The van der Waals surface area contributed by atoms with Crippen LogP contribution in [-0.4, -0.2) is 24.8 Å². The summed E-state index contributed by atoms with van der Waals surface area (Å²) in [7, 11) is 1.55. The molecule has 0 atom stereocenters. The lowest BCUT2D eigenvalue weighted by Gasteiger charge is -2.17. The topological polar surface area (TPSA) is 96.5 Å². The van der Waals surface area contributed by atoms with Gasteiger partial charge < -0.3 is 20.7 Å². The van der Waals surface area contributed by atoms with Crippen LogP contribution in [0.2, 0.25) is 0 Å². The summed E-state index contributed by atoms with van der Waals surface area (Å²) in [4.78, 5) is 37.7. The van der Waals surface area contributed by atoms with Crippen LogP contribution >= 0.6 is 0 Å². The molecule has 2 aromatic rings. The fraction of sp³-hybridized carbons (Fsp3) is 0.423. The molecule has 0 fully saturated rings. The maximum Gasteiger partial charge on any atom is 0.255 e. The summed E-state index contributed by atoms with van der Waals surface area (Å²) in [6.07, 6.45) is 3.02. The third-order valence-electron chi connectivity index (χ3n) is 5.86. The molecule has 178 valence electrons. The number of benzene rings is 2. The number of carbonyl (C=O) groups excluding carboxylic acids is 3. The van der Waals surface area contributed by atoms with Crippen molar-refractivity contribution in [2.24, 2.45) is 11.8 Å². The molecule has 0 aliphatic carbocycles. The van der Waals surface area contributed by atoms with E-state index in [1.165, 1.54) is 0 Å². The van der Waals surface area contributed by atoms with E-state index in [2.05, 4.69) is 16.0 Å². The number of nitrogens with one attached hydrogen (secondary N) is 3. The molecule has 0 radical (unpaired) electrons. The van der Waals surface area contributed by atoms with Crippen molar-refractivity contribution in [3.8, 4) is 5.75 Å². The van der Waals surface area contributed by atoms with E-state index in [-0.39, 0.29) is 29.6 Å². The number of amides is 3. The second-order valence-electron chi connectivity index (χ2n) is 7.95. The van der Waals surface area contributed by atoms with Gasteiger partial charge in [-0.3, -0.25) is 14.4 Å². The Balaban J connectivity index is 2.15. The number of ether oxygens (including phenoxy) is 1. The van der Waals surface area contributed by atoms with Crippen LogP contribution in [0.1, 0.15) is 63.7 Å². The summed E-state index contributed by atoms with van der Waals surface area (Å²) >= 11 is 0. The van der Waals surface area contributed by atoms with Gasteiger partial charge in [-0.2, -0.15) is 0 Å². The standard InChI is InChI=1S/C26H35N3O4/c1-6-17(7-2)24(30)27-20-12-10-19(11-13-20)26(32)28-22-15-14-21(33-5)16-23(22)29-25(31)18(8-3)9-4/h10-18H,6-9H2,1-5H3,(H,27,30)(H,28,32)(H,29,31). The highest BCUT2D eigenvalue weighted by molar-refractivity contribution is 6.08. The van der Waals surface area contributed by atoms with Gasteiger partial charge in [0.05, 0.1) is 18.5 Å². The van der Waals surface area contributed by atoms with E-state index in [9.17, 15) is 14.4 Å². The average Bonchev–Trinajstić information content (AvgIpc) is 2.82. The largest absolute Gasteiger partial charge is 0.497 e. The van der Waals surface area contributed by atoms with Crippen LogP contribution in [-0.2, 0) is 9.59 Å². The summed E-state index contributed by atoms with van der Waals surface area (Å²) in [5.41, 5.74) is 2.04. The number of hydrogen-bond donors (Lipinski definition) is 3. The Morgan fingerprint density at radius 2 is 1.27 bits per heavy atom. The van der Waals surface area contributed by atoms with Gasteiger partial charge in [0.25, 0.3) is 5.91 Å². The Morgan fingerprint density at radius 1 is 0.727 bits per heavy atom. The van der Waals surface area contributed by atoms with E-state index in [1.54, 1.807) is 49.6 Å². The van der Waals surface area contributed by atoms with Gasteiger partial charge in [-0.05, 0) is 62.1 Å². The molecule has 2 rings (SSSR count). The molecule has 7 heteroatoms. The number of methoxy groups -OCH3 is 1. The van der Waals surface area contributed by atoms with Gasteiger partial charge in [-0.1, -0.05) is 27.7 Å². The van der Waals surface area contributed by atoms with Crippen LogP contribution in [0.3, 0.4) is 0 Å². The minimum absolute atomic E-state index is 0.0201. The molecule has 2 aromatic carbocycles. The molecule has 7 nitrogen and oxygen atoms in total. The summed E-state index contributed by atoms with van der Waals surface area (Å²) in [5, 5.41) is 8.67. The van der Waals surface area contributed by atoms with Crippen LogP contribution in [0, 0.1) is 11.8 Å². The number of carbonyl (C=O) groups is 3. The maximum absolute atomic E-state index is 12.8. The summed E-state index contributed by atoms with van der Waals surface area (Å²) in [6.45, 7) is 7.92. The Labute approximate surface area is 196 Å². The molecule has 33 heavy (non-hydrogen) atoms. The van der Waals surface area contributed by atoms with Crippen LogP contribution in [0.25, 0.3) is 0 Å². The van der Waals surface area contributed by atoms with Gasteiger partial charge in [0.2, 0.25) is 11.8 Å². The predicted molar refractivity (Wildman–Crippen MR) is 133 cm³/mol. The van der Waals surface area contributed by atoms with Crippen molar-refractivity contribution in [3.05, 3.63) is 48.0 Å². The van der Waals surface area contributed by atoms with Crippen molar-refractivity contribution in [2.75, 3.05) is 23.1 Å². The predicted octanol–water partition coefficient (Wildman–Crippen LogP) is 5.70. The molecular formula is C26H35N3O4. The van der Waals surface area contributed by atoms with E-state index >= 15 is 0 Å². The van der Waals surface area contributed by atoms with E-state index in [4.69, 9.17) is 4.74 Å². The zero-order valence-corrected chi connectivity index (χ0v) is 20.2. The molecule has 3 N–H and O–H groups in total. The van der Waals surface area contributed by atoms with Crippen molar-refractivity contribution in [1.82, 2.24) is 0 Å². The lowest BCUT2D eigenvalue weighted by molar-refractivity contribution is -0.120. The third-order valence-corrected chi connectivity index (χ3v) is 5.86. The van der Waals surface area contributed by atoms with Crippen LogP contribution in [0.4, 0.5) is 17.1 Å². The van der Waals surface area contributed by atoms with E-state index in [1.807, 2.05) is 27.7 Å². The molecule has 0 aliphatic heterocycles. The smallest absolute Gasteiger partial charge is 0.255 e. The van der Waals surface area contributed by atoms with Crippen molar-refractivity contribution in [1.29, 1.82) is 0 Å². The molecule has 0 saturated carbocycles. The van der Waals surface area contributed by atoms with Crippen molar-refractivity contribution in [3.63, 3.8) is 0 Å². The Bertz CT molecular complexity index is 949. The first-order valence-electron chi connectivity index (χ1n) is 11.6. The van der Waals surface area contributed by atoms with Gasteiger partial charge in [-0.25, -0.2) is 0 Å². The number of anilines is 3. The molecule has 0 bridgehead atoms. The highest BCUT2D eigenvalue weighted by Crippen LogP contribution is 2.29.